The minimum atomic E-state index is -0.465. The van der Waals surface area contributed by atoms with Gasteiger partial charge in [-0.1, -0.05) is 56.1 Å². The van der Waals surface area contributed by atoms with Crippen LogP contribution in [0.25, 0.3) is 10.8 Å². The predicted octanol–water partition coefficient (Wildman–Crippen LogP) is 5.62. The zero-order valence-corrected chi connectivity index (χ0v) is 18.2. The maximum Gasteiger partial charge on any atom is 0.340 e. The predicted molar refractivity (Wildman–Crippen MR) is 116 cm³/mol. The second-order valence-electron chi connectivity index (χ2n) is 6.43. The Bertz CT molecular complexity index is 1110. The number of carbonyl (C=O) groups excluding carboxylic acids is 1. The van der Waals surface area contributed by atoms with E-state index < -0.39 is 5.97 Å². The van der Waals surface area contributed by atoms with Gasteiger partial charge in [0.2, 0.25) is 5.88 Å². The van der Waals surface area contributed by atoms with Crippen LogP contribution < -0.4 is 10.5 Å². The molecule has 0 saturated heterocycles. The van der Waals surface area contributed by atoms with Gasteiger partial charge in [-0.05, 0) is 53.6 Å². The Labute approximate surface area is 179 Å². The van der Waals surface area contributed by atoms with Crippen LogP contribution in [0.15, 0.2) is 75.0 Å². The molecule has 4 nitrogen and oxygen atoms in total. The summed E-state index contributed by atoms with van der Waals surface area (Å²) in [5.41, 5.74) is 8.36. The molecule has 3 aromatic carbocycles. The van der Waals surface area contributed by atoms with Crippen molar-refractivity contribution in [3.8, 4) is 5.75 Å². The van der Waals surface area contributed by atoms with E-state index in [2.05, 4.69) is 31.9 Å². The number of hydrogen-bond donors (Lipinski definition) is 1. The molecule has 0 aromatic heterocycles. The standard InChI is InChI=1S/C22H17Br2NO3/c1-2-27-22(26)20-18(12-3-6-14(23)7-4-12)19-16-9-8-15(24)11-13(16)5-10-17(19)28-21(20)25/h3-11,18H,2,25H2,1H3. The Morgan fingerprint density at radius 1 is 1.07 bits per heavy atom. The van der Waals surface area contributed by atoms with Crippen LogP contribution >= 0.6 is 31.9 Å². The average molecular weight is 503 g/mol. The van der Waals surface area contributed by atoms with Crippen molar-refractivity contribution in [1.82, 2.24) is 0 Å². The maximum absolute atomic E-state index is 12.8. The largest absolute Gasteiger partial charge is 0.462 e. The van der Waals surface area contributed by atoms with Crippen LogP contribution in [0.2, 0.25) is 0 Å². The van der Waals surface area contributed by atoms with Crippen molar-refractivity contribution in [1.29, 1.82) is 0 Å². The lowest BCUT2D eigenvalue weighted by atomic mass is 9.80. The van der Waals surface area contributed by atoms with Crippen LogP contribution in [-0.4, -0.2) is 12.6 Å². The van der Waals surface area contributed by atoms with Gasteiger partial charge in [0.25, 0.3) is 0 Å². The van der Waals surface area contributed by atoms with Crippen LogP contribution in [-0.2, 0) is 9.53 Å². The van der Waals surface area contributed by atoms with Crippen molar-refractivity contribution >= 4 is 48.6 Å². The molecule has 0 fully saturated rings. The Morgan fingerprint density at radius 3 is 2.50 bits per heavy atom. The molecule has 0 aliphatic carbocycles. The summed E-state index contributed by atoms with van der Waals surface area (Å²) in [6, 6.07) is 17.8. The first-order valence-corrected chi connectivity index (χ1v) is 10.4. The van der Waals surface area contributed by atoms with Crippen molar-refractivity contribution in [2.75, 3.05) is 6.61 Å². The number of halogens is 2. The SMILES string of the molecule is CCOC(=O)C1=C(N)Oc2ccc3cc(Br)ccc3c2C1c1ccc(Br)cc1. The number of benzene rings is 3. The fourth-order valence-corrected chi connectivity index (χ4v) is 4.21. The number of hydrogen-bond acceptors (Lipinski definition) is 4. The van der Waals surface area contributed by atoms with E-state index >= 15 is 0 Å². The lowest BCUT2D eigenvalue weighted by Crippen LogP contribution is -2.27. The van der Waals surface area contributed by atoms with Gasteiger partial charge in [0, 0.05) is 14.5 Å². The van der Waals surface area contributed by atoms with E-state index in [1.807, 2.05) is 54.6 Å². The molecule has 4 rings (SSSR count). The van der Waals surface area contributed by atoms with Gasteiger partial charge >= 0.3 is 5.97 Å². The molecule has 1 atom stereocenters. The number of esters is 1. The fourth-order valence-electron chi connectivity index (χ4n) is 3.57. The molecular formula is C22H17Br2NO3. The van der Waals surface area contributed by atoms with E-state index in [4.69, 9.17) is 15.2 Å². The van der Waals surface area contributed by atoms with E-state index in [9.17, 15) is 4.79 Å². The zero-order chi connectivity index (χ0) is 19.8. The van der Waals surface area contributed by atoms with Crippen LogP contribution in [0.4, 0.5) is 0 Å². The maximum atomic E-state index is 12.8. The molecule has 1 aliphatic heterocycles. The molecule has 6 heteroatoms. The minimum absolute atomic E-state index is 0.0790. The normalized spacial score (nSPS) is 15.9. The van der Waals surface area contributed by atoms with Gasteiger partial charge in [-0.3, -0.25) is 0 Å². The van der Waals surface area contributed by atoms with E-state index in [-0.39, 0.29) is 18.4 Å². The third-order valence-electron chi connectivity index (χ3n) is 4.74. The summed E-state index contributed by atoms with van der Waals surface area (Å²) in [6.07, 6.45) is 0. The summed E-state index contributed by atoms with van der Waals surface area (Å²) < 4.78 is 13.1. The molecule has 1 heterocycles. The molecule has 28 heavy (non-hydrogen) atoms. The Balaban J connectivity index is 2.01. The van der Waals surface area contributed by atoms with Gasteiger partial charge in [-0.25, -0.2) is 4.79 Å². The molecule has 0 radical (unpaired) electrons. The molecule has 0 bridgehead atoms. The van der Waals surface area contributed by atoms with E-state index in [1.54, 1.807) is 6.92 Å². The van der Waals surface area contributed by atoms with Crippen LogP contribution in [0.3, 0.4) is 0 Å². The van der Waals surface area contributed by atoms with Gasteiger partial charge in [0.1, 0.15) is 11.3 Å². The minimum Gasteiger partial charge on any atom is -0.462 e. The molecule has 0 saturated carbocycles. The highest BCUT2D eigenvalue weighted by Crippen LogP contribution is 2.46. The van der Waals surface area contributed by atoms with Crippen molar-refractivity contribution in [2.24, 2.45) is 5.73 Å². The number of fused-ring (bicyclic) bond motifs is 3. The molecular weight excluding hydrogens is 486 g/mol. The van der Waals surface area contributed by atoms with Gasteiger partial charge in [-0.15, -0.1) is 0 Å². The first-order valence-electron chi connectivity index (χ1n) is 8.82. The van der Waals surface area contributed by atoms with E-state index in [0.717, 1.165) is 30.8 Å². The molecule has 2 N–H and O–H groups in total. The highest BCUT2D eigenvalue weighted by atomic mass is 79.9. The highest BCUT2D eigenvalue weighted by molar-refractivity contribution is 9.10. The van der Waals surface area contributed by atoms with E-state index in [0.29, 0.717) is 11.3 Å². The molecule has 0 spiro atoms. The lowest BCUT2D eigenvalue weighted by Gasteiger charge is -2.29. The third-order valence-corrected chi connectivity index (χ3v) is 5.77. The summed E-state index contributed by atoms with van der Waals surface area (Å²) in [6.45, 7) is 2.03. The van der Waals surface area contributed by atoms with Gasteiger partial charge < -0.3 is 15.2 Å². The number of nitrogens with two attached hydrogens (primary N) is 1. The molecule has 1 aliphatic rings. The Hall–Kier alpha value is -2.31. The first kappa shape index (κ1) is 19.0. The molecule has 1 unspecified atom stereocenters. The second-order valence-corrected chi connectivity index (χ2v) is 8.26. The Kier molecular flexibility index (Phi) is 5.17. The van der Waals surface area contributed by atoms with Gasteiger partial charge in [-0.2, -0.15) is 0 Å². The average Bonchev–Trinajstić information content (AvgIpc) is 2.67. The number of carbonyl (C=O) groups is 1. The molecule has 3 aromatic rings. The summed E-state index contributed by atoms with van der Waals surface area (Å²) >= 11 is 6.99. The van der Waals surface area contributed by atoms with Crippen LogP contribution in [0.1, 0.15) is 24.0 Å². The monoisotopic (exact) mass is 501 g/mol. The van der Waals surface area contributed by atoms with Crippen molar-refractivity contribution in [3.63, 3.8) is 0 Å². The molecule has 142 valence electrons. The fraction of sp³-hybridized carbons (Fsp3) is 0.136. The van der Waals surface area contributed by atoms with Gasteiger partial charge in [0.05, 0.1) is 12.5 Å². The summed E-state index contributed by atoms with van der Waals surface area (Å²) in [7, 11) is 0. The van der Waals surface area contributed by atoms with Crippen molar-refractivity contribution in [2.45, 2.75) is 12.8 Å². The first-order chi connectivity index (χ1) is 13.5. The second kappa shape index (κ2) is 7.60. The Morgan fingerprint density at radius 2 is 1.79 bits per heavy atom. The van der Waals surface area contributed by atoms with E-state index in [1.165, 1.54) is 0 Å². The summed E-state index contributed by atoms with van der Waals surface area (Å²) in [5.74, 6) is -0.128. The lowest BCUT2D eigenvalue weighted by molar-refractivity contribution is -0.139. The highest BCUT2D eigenvalue weighted by Gasteiger charge is 2.36. The quantitative estimate of drug-likeness (QED) is 0.472. The van der Waals surface area contributed by atoms with Crippen molar-refractivity contribution in [3.05, 3.63) is 86.1 Å². The third kappa shape index (κ3) is 3.31. The van der Waals surface area contributed by atoms with Gasteiger partial charge in [0.15, 0.2) is 0 Å². The van der Waals surface area contributed by atoms with Crippen LogP contribution in [0.5, 0.6) is 5.75 Å². The summed E-state index contributed by atoms with van der Waals surface area (Å²) in [4.78, 5) is 12.8. The topological polar surface area (TPSA) is 61.5 Å². The number of rotatable bonds is 3. The number of ether oxygens (including phenoxy) is 2. The van der Waals surface area contributed by atoms with Crippen molar-refractivity contribution < 1.29 is 14.3 Å². The molecule has 0 amide bonds. The zero-order valence-electron chi connectivity index (χ0n) is 15.0. The smallest absolute Gasteiger partial charge is 0.340 e. The summed E-state index contributed by atoms with van der Waals surface area (Å²) in [5, 5.41) is 2.05. The van der Waals surface area contributed by atoms with Crippen LogP contribution in [0, 0.1) is 0 Å².